The van der Waals surface area contributed by atoms with Crippen LogP contribution >= 0.6 is 0 Å². The van der Waals surface area contributed by atoms with Crippen LogP contribution in [0, 0.1) is 24.0 Å². The third-order valence-electron chi connectivity index (χ3n) is 8.23. The Balaban J connectivity index is 1.45. The first kappa shape index (κ1) is 24.9. The second kappa shape index (κ2) is 9.54. The van der Waals surface area contributed by atoms with E-state index in [1.54, 1.807) is 6.20 Å². The van der Waals surface area contributed by atoms with Crippen LogP contribution < -0.4 is 9.80 Å². The van der Waals surface area contributed by atoms with E-state index in [4.69, 9.17) is 21.1 Å². The topological polar surface area (TPSA) is 77.9 Å². The average molecular weight is 543 g/mol. The lowest BCUT2D eigenvalue weighted by molar-refractivity contribution is 0.0303. The zero-order valence-electron chi connectivity index (χ0n) is 22.1. The van der Waals surface area contributed by atoms with Crippen LogP contribution in [-0.2, 0) is 4.74 Å². The lowest BCUT2D eigenvalue weighted by atomic mass is 9.96. The number of ether oxygens (including phenoxy) is 1. The molecule has 3 aliphatic rings. The van der Waals surface area contributed by atoms with Crippen molar-refractivity contribution < 1.29 is 18.6 Å². The third kappa shape index (κ3) is 4.08. The van der Waals surface area contributed by atoms with Crippen molar-refractivity contribution in [2.24, 2.45) is 0 Å². The number of benzene rings is 2. The van der Waals surface area contributed by atoms with Crippen molar-refractivity contribution in [1.29, 1.82) is 0 Å². The molecular weight excluding hydrogens is 514 g/mol. The Kier molecular flexibility index (Phi) is 5.95. The summed E-state index contributed by atoms with van der Waals surface area (Å²) in [7, 11) is 2.07. The van der Waals surface area contributed by atoms with E-state index in [-0.39, 0.29) is 40.3 Å². The molecule has 0 radical (unpaired) electrons. The van der Waals surface area contributed by atoms with Gasteiger partial charge in [0, 0.05) is 56.4 Å². The molecule has 3 saturated heterocycles. The Hall–Kier alpha value is -4.07. The van der Waals surface area contributed by atoms with Gasteiger partial charge < -0.3 is 24.5 Å². The van der Waals surface area contributed by atoms with Crippen molar-refractivity contribution in [1.82, 2.24) is 19.9 Å². The van der Waals surface area contributed by atoms with E-state index < -0.39 is 11.6 Å². The number of halogens is 2. The van der Waals surface area contributed by atoms with E-state index in [1.807, 2.05) is 0 Å². The fourth-order valence-corrected chi connectivity index (χ4v) is 6.15. The number of aromatic hydroxyl groups is 1. The minimum atomic E-state index is -0.674. The predicted octanol–water partition coefficient (Wildman–Crippen LogP) is 3.93. The van der Waals surface area contributed by atoms with Gasteiger partial charge in [-0.15, -0.1) is 6.42 Å². The molecule has 0 amide bonds. The van der Waals surface area contributed by atoms with Crippen molar-refractivity contribution in [3.05, 3.63) is 47.7 Å². The van der Waals surface area contributed by atoms with Gasteiger partial charge in [-0.25, -0.2) is 13.8 Å². The summed E-state index contributed by atoms with van der Waals surface area (Å²) in [6.45, 7) is 4.46. The molecular formula is C30H28F2N6O2. The van der Waals surface area contributed by atoms with Gasteiger partial charge in [-0.2, -0.15) is 4.98 Å². The second-order valence-corrected chi connectivity index (χ2v) is 10.8. The number of fused-ring (bicyclic) bond motifs is 4. The molecule has 1 N–H and O–H groups in total. The van der Waals surface area contributed by atoms with E-state index in [1.165, 1.54) is 24.3 Å². The molecule has 2 atom stereocenters. The highest BCUT2D eigenvalue weighted by atomic mass is 19.1. The normalized spacial score (nSPS) is 21.4. The first-order chi connectivity index (χ1) is 19.4. The quantitative estimate of drug-likeness (QED) is 0.391. The van der Waals surface area contributed by atoms with Crippen LogP contribution in [0.2, 0.25) is 0 Å². The molecule has 0 unspecified atom stereocenters. The van der Waals surface area contributed by atoms with E-state index in [0.29, 0.717) is 41.0 Å². The summed E-state index contributed by atoms with van der Waals surface area (Å²) < 4.78 is 37.4. The lowest BCUT2D eigenvalue weighted by Gasteiger charge is -2.35. The Labute approximate surface area is 230 Å². The first-order valence-corrected chi connectivity index (χ1v) is 13.5. The summed E-state index contributed by atoms with van der Waals surface area (Å²) in [5, 5.41) is 11.8. The highest BCUT2D eigenvalue weighted by molar-refractivity contribution is 6.03. The average Bonchev–Trinajstić information content (AvgIpc) is 3.30. The summed E-state index contributed by atoms with van der Waals surface area (Å²) >= 11 is 0. The van der Waals surface area contributed by atoms with E-state index in [0.717, 1.165) is 39.0 Å². The predicted molar refractivity (Wildman–Crippen MR) is 150 cm³/mol. The minimum Gasteiger partial charge on any atom is -0.508 e. The van der Waals surface area contributed by atoms with Crippen LogP contribution in [0.1, 0.15) is 18.4 Å². The standard InChI is InChI=1S/C30H28F2N6O2/c1-3-21-24(31)7-4-17-12-18(39)13-22(25(17)21)27-26(32)28-23(14-33-27)29(38-15-19-5-6-20(16-38)40-19)35-30(34-28)37-10-8-36(2)9-11-37/h1,4,7,12-14,19-20,39H,5-6,8-11,15-16H2,2H3/t19-,20+. The van der Waals surface area contributed by atoms with Crippen LogP contribution in [0.4, 0.5) is 20.5 Å². The fraction of sp³-hybridized carbons (Fsp3) is 0.367. The highest BCUT2D eigenvalue weighted by Crippen LogP contribution is 2.39. The molecule has 5 heterocycles. The zero-order valence-corrected chi connectivity index (χ0v) is 22.1. The van der Waals surface area contributed by atoms with E-state index in [2.05, 4.69) is 32.7 Å². The maximum atomic E-state index is 16.6. The Morgan fingerprint density at radius 2 is 1.77 bits per heavy atom. The summed E-state index contributed by atoms with van der Waals surface area (Å²) in [5.41, 5.74) is 0.246. The Morgan fingerprint density at radius 1 is 1.02 bits per heavy atom. The molecule has 10 heteroatoms. The Bertz CT molecular complexity index is 1690. The van der Waals surface area contributed by atoms with Gasteiger partial charge in [0.15, 0.2) is 5.82 Å². The molecule has 0 saturated carbocycles. The molecule has 4 aromatic rings. The van der Waals surface area contributed by atoms with Crippen LogP contribution in [0.3, 0.4) is 0 Å². The van der Waals surface area contributed by atoms with Gasteiger partial charge in [0.1, 0.15) is 28.6 Å². The van der Waals surface area contributed by atoms with Gasteiger partial charge in [0.05, 0.1) is 23.2 Å². The van der Waals surface area contributed by atoms with Crippen molar-refractivity contribution in [3.8, 4) is 29.4 Å². The van der Waals surface area contributed by atoms with Crippen molar-refractivity contribution in [3.63, 3.8) is 0 Å². The largest absolute Gasteiger partial charge is 0.508 e. The number of hydrogen-bond donors (Lipinski definition) is 1. The van der Waals surface area contributed by atoms with Gasteiger partial charge in [0.2, 0.25) is 5.95 Å². The molecule has 0 spiro atoms. The van der Waals surface area contributed by atoms with Crippen LogP contribution in [-0.4, -0.2) is 83.5 Å². The SMILES string of the molecule is C#Cc1c(F)ccc2cc(O)cc(-c3ncc4c(N5C[C@H]6CC[C@@H](C5)O6)nc(N5CCN(C)CC5)nc4c3F)c12. The minimum absolute atomic E-state index is 0.0147. The molecule has 2 bridgehead atoms. The number of phenols is 1. The zero-order chi connectivity index (χ0) is 27.5. The number of terminal acetylenes is 1. The van der Waals surface area contributed by atoms with Crippen molar-refractivity contribution in [2.75, 3.05) is 56.1 Å². The third-order valence-corrected chi connectivity index (χ3v) is 8.23. The number of morpholine rings is 1. The van der Waals surface area contributed by atoms with Crippen molar-refractivity contribution >= 4 is 33.4 Å². The summed E-state index contributed by atoms with van der Waals surface area (Å²) in [6.07, 6.45) is 9.44. The smallest absolute Gasteiger partial charge is 0.228 e. The Morgan fingerprint density at radius 3 is 2.50 bits per heavy atom. The number of piperazine rings is 1. The molecule has 3 fully saturated rings. The van der Waals surface area contributed by atoms with Crippen LogP contribution in [0.15, 0.2) is 30.5 Å². The van der Waals surface area contributed by atoms with Gasteiger partial charge in [-0.1, -0.05) is 12.0 Å². The maximum absolute atomic E-state index is 16.6. The monoisotopic (exact) mass is 542 g/mol. The van der Waals surface area contributed by atoms with Gasteiger partial charge in [0.25, 0.3) is 0 Å². The molecule has 40 heavy (non-hydrogen) atoms. The number of aromatic nitrogens is 3. The molecule has 2 aromatic carbocycles. The number of anilines is 2. The summed E-state index contributed by atoms with van der Waals surface area (Å²) in [5.74, 6) is 2.09. The molecule has 7 rings (SSSR count). The number of rotatable bonds is 3. The second-order valence-electron chi connectivity index (χ2n) is 10.8. The highest BCUT2D eigenvalue weighted by Gasteiger charge is 2.36. The number of nitrogens with zero attached hydrogens (tertiary/aromatic N) is 6. The first-order valence-electron chi connectivity index (χ1n) is 13.5. The van der Waals surface area contributed by atoms with Crippen LogP contribution in [0.25, 0.3) is 32.9 Å². The number of likely N-dealkylation sites (N-methyl/N-ethyl adjacent to an activating group) is 1. The van der Waals surface area contributed by atoms with E-state index in [9.17, 15) is 9.50 Å². The fourth-order valence-electron chi connectivity index (χ4n) is 6.15. The van der Waals surface area contributed by atoms with Gasteiger partial charge in [-0.05, 0) is 43.5 Å². The van der Waals surface area contributed by atoms with Gasteiger partial charge >= 0.3 is 0 Å². The summed E-state index contributed by atoms with van der Waals surface area (Å²) in [4.78, 5) is 20.7. The number of phenolic OH excluding ortho intramolecular Hbond substituents is 1. The van der Waals surface area contributed by atoms with Crippen molar-refractivity contribution in [2.45, 2.75) is 25.0 Å². The number of pyridine rings is 1. The van der Waals surface area contributed by atoms with Crippen LogP contribution in [0.5, 0.6) is 5.75 Å². The van der Waals surface area contributed by atoms with E-state index >= 15 is 4.39 Å². The molecule has 8 nitrogen and oxygen atoms in total. The molecule has 3 aliphatic heterocycles. The van der Waals surface area contributed by atoms with Gasteiger partial charge in [-0.3, -0.25) is 4.98 Å². The molecule has 204 valence electrons. The lowest BCUT2D eigenvalue weighted by Crippen LogP contribution is -2.46. The molecule has 0 aliphatic carbocycles. The number of hydrogen-bond acceptors (Lipinski definition) is 8. The molecule has 2 aromatic heterocycles. The summed E-state index contributed by atoms with van der Waals surface area (Å²) in [6, 6.07) is 5.58. The maximum Gasteiger partial charge on any atom is 0.228 e.